The van der Waals surface area contributed by atoms with Gasteiger partial charge in [-0.15, -0.1) is 0 Å². The van der Waals surface area contributed by atoms with Crippen LogP contribution in [0.5, 0.6) is 5.75 Å². The molecule has 1 aliphatic rings. The lowest BCUT2D eigenvalue weighted by atomic mass is 9.87. The molecule has 5 nitrogen and oxygen atoms in total. The Morgan fingerprint density at radius 2 is 1.93 bits per heavy atom. The van der Waals surface area contributed by atoms with Gasteiger partial charge in [-0.25, -0.2) is 0 Å². The number of carbonyl (C=O) groups is 1. The molecule has 0 bridgehead atoms. The molecule has 0 saturated carbocycles. The van der Waals surface area contributed by atoms with Crippen molar-refractivity contribution in [3.8, 4) is 5.75 Å². The van der Waals surface area contributed by atoms with Crippen molar-refractivity contribution in [3.63, 3.8) is 0 Å². The van der Waals surface area contributed by atoms with Crippen LogP contribution in [0, 0.1) is 0 Å². The van der Waals surface area contributed by atoms with Gasteiger partial charge in [-0.1, -0.05) is 41.9 Å². The smallest absolute Gasteiger partial charge is 0.220 e. The van der Waals surface area contributed by atoms with Crippen molar-refractivity contribution in [1.29, 1.82) is 0 Å². The summed E-state index contributed by atoms with van der Waals surface area (Å²) in [5, 5.41) is 13.9. The van der Waals surface area contributed by atoms with Gasteiger partial charge in [0.2, 0.25) is 5.91 Å². The monoisotopic (exact) mass is 388 g/mol. The molecule has 3 rings (SSSR count). The summed E-state index contributed by atoms with van der Waals surface area (Å²) in [4.78, 5) is 14.8. The number of morpholine rings is 1. The van der Waals surface area contributed by atoms with E-state index in [4.69, 9.17) is 16.3 Å². The van der Waals surface area contributed by atoms with Gasteiger partial charge >= 0.3 is 0 Å². The Bertz CT molecular complexity index is 748. The lowest BCUT2D eigenvalue weighted by molar-refractivity contribution is -0.121. The summed E-state index contributed by atoms with van der Waals surface area (Å²) >= 11 is 6.13. The standard InChI is InChI=1S/C21H25ClN2O3/c22-17-6-7-20(25)19(14-17)18(16-4-2-1-3-5-16)15-21(26)23-8-9-24-10-12-27-13-11-24/h1-7,14,18,25H,8-13,15H2,(H,23,26). The molecule has 2 aromatic carbocycles. The zero-order valence-corrected chi connectivity index (χ0v) is 16.0. The second kappa shape index (κ2) is 9.74. The van der Waals surface area contributed by atoms with Gasteiger partial charge in [0.25, 0.3) is 0 Å². The topological polar surface area (TPSA) is 61.8 Å². The third kappa shape index (κ3) is 5.70. The van der Waals surface area contributed by atoms with Crippen LogP contribution in [0.25, 0.3) is 0 Å². The molecular weight excluding hydrogens is 364 g/mol. The lowest BCUT2D eigenvalue weighted by Gasteiger charge is -2.26. The SMILES string of the molecule is O=C(CC(c1ccccc1)c1cc(Cl)ccc1O)NCCN1CCOCC1. The van der Waals surface area contributed by atoms with Gasteiger partial charge in [-0.2, -0.15) is 0 Å². The first-order chi connectivity index (χ1) is 13.1. The van der Waals surface area contributed by atoms with Crippen molar-refractivity contribution in [1.82, 2.24) is 10.2 Å². The van der Waals surface area contributed by atoms with Crippen LogP contribution in [0.15, 0.2) is 48.5 Å². The normalized spacial score (nSPS) is 16.0. The quantitative estimate of drug-likeness (QED) is 0.765. The number of nitrogens with one attached hydrogen (secondary N) is 1. The fourth-order valence-electron chi connectivity index (χ4n) is 3.33. The number of amides is 1. The van der Waals surface area contributed by atoms with Crippen molar-refractivity contribution in [2.45, 2.75) is 12.3 Å². The van der Waals surface area contributed by atoms with Crippen molar-refractivity contribution in [2.75, 3.05) is 39.4 Å². The molecule has 1 saturated heterocycles. The van der Waals surface area contributed by atoms with Crippen molar-refractivity contribution < 1.29 is 14.6 Å². The summed E-state index contributed by atoms with van der Waals surface area (Å²) in [6, 6.07) is 14.7. The van der Waals surface area contributed by atoms with Crippen LogP contribution in [0.3, 0.4) is 0 Å². The molecule has 1 atom stereocenters. The first-order valence-corrected chi connectivity index (χ1v) is 9.61. The van der Waals surface area contributed by atoms with E-state index in [2.05, 4.69) is 10.2 Å². The van der Waals surface area contributed by atoms with E-state index in [0.717, 1.165) is 38.4 Å². The van der Waals surface area contributed by atoms with Crippen LogP contribution >= 0.6 is 11.6 Å². The lowest BCUT2D eigenvalue weighted by Crippen LogP contribution is -2.41. The Morgan fingerprint density at radius 3 is 2.67 bits per heavy atom. The number of nitrogens with zero attached hydrogens (tertiary/aromatic N) is 1. The molecule has 6 heteroatoms. The Labute approximate surface area is 164 Å². The molecule has 0 aromatic heterocycles. The van der Waals surface area contributed by atoms with Gasteiger partial charge in [0.15, 0.2) is 0 Å². The average molecular weight is 389 g/mol. The Balaban J connectivity index is 1.66. The molecule has 1 amide bonds. The summed E-state index contributed by atoms with van der Waals surface area (Å²) in [5.41, 5.74) is 1.63. The number of phenolic OH excluding ortho intramolecular Hbond substituents is 1. The Morgan fingerprint density at radius 1 is 1.19 bits per heavy atom. The number of hydrogen-bond acceptors (Lipinski definition) is 4. The van der Waals surface area contributed by atoms with Gasteiger partial charge in [0.1, 0.15) is 5.75 Å². The van der Waals surface area contributed by atoms with Crippen LogP contribution < -0.4 is 5.32 Å². The number of benzene rings is 2. The third-order valence-corrected chi connectivity index (χ3v) is 5.05. The maximum Gasteiger partial charge on any atom is 0.220 e. The highest BCUT2D eigenvalue weighted by molar-refractivity contribution is 6.30. The van der Waals surface area contributed by atoms with Crippen LogP contribution in [0.4, 0.5) is 0 Å². The largest absolute Gasteiger partial charge is 0.508 e. The Hall–Kier alpha value is -2.08. The number of phenols is 1. The van der Waals surface area contributed by atoms with E-state index < -0.39 is 0 Å². The van der Waals surface area contributed by atoms with Crippen molar-refractivity contribution in [2.24, 2.45) is 0 Å². The zero-order chi connectivity index (χ0) is 19.1. The van der Waals surface area contributed by atoms with Gasteiger partial charge < -0.3 is 15.2 Å². The highest BCUT2D eigenvalue weighted by atomic mass is 35.5. The van der Waals surface area contributed by atoms with Gasteiger partial charge in [0.05, 0.1) is 13.2 Å². The highest BCUT2D eigenvalue weighted by Gasteiger charge is 2.21. The summed E-state index contributed by atoms with van der Waals surface area (Å²) in [6.45, 7) is 4.71. The minimum atomic E-state index is -0.256. The second-order valence-corrected chi connectivity index (χ2v) is 7.11. The van der Waals surface area contributed by atoms with Gasteiger partial charge in [-0.05, 0) is 23.8 Å². The summed E-state index contributed by atoms with van der Waals surface area (Å²) in [5.74, 6) is -0.154. The number of halogens is 1. The Kier molecular flexibility index (Phi) is 7.10. The summed E-state index contributed by atoms with van der Waals surface area (Å²) < 4.78 is 5.34. The van der Waals surface area contributed by atoms with E-state index in [1.54, 1.807) is 18.2 Å². The maximum absolute atomic E-state index is 12.6. The van der Waals surface area contributed by atoms with Gasteiger partial charge in [-0.3, -0.25) is 9.69 Å². The van der Waals surface area contributed by atoms with Crippen LogP contribution in [0.2, 0.25) is 5.02 Å². The number of ether oxygens (including phenoxy) is 1. The zero-order valence-electron chi connectivity index (χ0n) is 15.2. The van der Waals surface area contributed by atoms with Gasteiger partial charge in [0, 0.05) is 49.1 Å². The van der Waals surface area contributed by atoms with E-state index in [-0.39, 0.29) is 24.0 Å². The first-order valence-electron chi connectivity index (χ1n) is 9.23. The number of hydrogen-bond donors (Lipinski definition) is 2. The fourth-order valence-corrected chi connectivity index (χ4v) is 3.51. The van der Waals surface area contributed by atoms with E-state index >= 15 is 0 Å². The molecule has 1 unspecified atom stereocenters. The highest BCUT2D eigenvalue weighted by Crippen LogP contribution is 2.35. The third-order valence-electron chi connectivity index (χ3n) is 4.81. The predicted molar refractivity (Wildman–Crippen MR) is 106 cm³/mol. The molecule has 2 N–H and O–H groups in total. The molecule has 1 heterocycles. The molecule has 0 radical (unpaired) electrons. The number of rotatable bonds is 7. The molecule has 0 spiro atoms. The van der Waals surface area contributed by atoms with Crippen LogP contribution in [-0.4, -0.2) is 55.3 Å². The van der Waals surface area contributed by atoms with E-state index in [9.17, 15) is 9.90 Å². The van der Waals surface area contributed by atoms with E-state index in [1.807, 2.05) is 30.3 Å². The predicted octanol–water partition coefficient (Wildman–Crippen LogP) is 3.02. The number of aromatic hydroxyl groups is 1. The number of carbonyl (C=O) groups excluding carboxylic acids is 1. The average Bonchev–Trinajstić information content (AvgIpc) is 2.70. The minimum absolute atomic E-state index is 0.0449. The first kappa shape index (κ1) is 19.7. The maximum atomic E-state index is 12.6. The molecule has 144 valence electrons. The van der Waals surface area contributed by atoms with Crippen LogP contribution in [-0.2, 0) is 9.53 Å². The van der Waals surface area contributed by atoms with Crippen molar-refractivity contribution in [3.05, 3.63) is 64.7 Å². The van der Waals surface area contributed by atoms with Crippen molar-refractivity contribution >= 4 is 17.5 Å². The molecule has 0 aliphatic carbocycles. The van der Waals surface area contributed by atoms with Crippen LogP contribution in [0.1, 0.15) is 23.5 Å². The fraction of sp³-hybridized carbons (Fsp3) is 0.381. The minimum Gasteiger partial charge on any atom is -0.508 e. The summed E-state index contributed by atoms with van der Waals surface area (Å²) in [7, 11) is 0. The summed E-state index contributed by atoms with van der Waals surface area (Å²) in [6.07, 6.45) is 0.251. The molecule has 1 fully saturated rings. The molecule has 1 aliphatic heterocycles. The second-order valence-electron chi connectivity index (χ2n) is 6.67. The van der Waals surface area contributed by atoms with E-state index in [0.29, 0.717) is 17.1 Å². The molecule has 27 heavy (non-hydrogen) atoms. The molecule has 2 aromatic rings. The molecular formula is C21H25ClN2O3. The van der Waals surface area contributed by atoms with E-state index in [1.165, 1.54) is 0 Å².